The van der Waals surface area contributed by atoms with Crippen LogP contribution in [0.2, 0.25) is 0 Å². The molecule has 0 saturated carbocycles. The molecule has 13 nitrogen and oxygen atoms in total. The number of rotatable bonds is 18. The number of carboxylic acid groups (broad SMARTS) is 1. The number of hydrogen-bond acceptors (Lipinski definition) is 10. The monoisotopic (exact) mass is 785 g/mol. The number of aliphatic hydroxyl groups excluding tert-OH is 1. The molecule has 0 aromatic heterocycles. The zero-order chi connectivity index (χ0) is 42.2. The Hall–Kier alpha value is -3.42. The molecule has 0 aliphatic heterocycles. The van der Waals surface area contributed by atoms with Crippen molar-refractivity contribution in [3.05, 3.63) is 35.9 Å². The second kappa shape index (κ2) is 28.9. The van der Waals surface area contributed by atoms with Crippen LogP contribution in [0, 0.1) is 11.8 Å². The van der Waals surface area contributed by atoms with E-state index >= 15 is 0 Å². The third-order valence-corrected chi connectivity index (χ3v) is 7.85. The normalized spacial score (nSPS) is 12.4. The van der Waals surface area contributed by atoms with Gasteiger partial charge >= 0.3 is 24.1 Å². The van der Waals surface area contributed by atoms with Crippen molar-refractivity contribution in [1.82, 2.24) is 19.6 Å². The number of amides is 2. The first-order chi connectivity index (χ1) is 24.9. The summed E-state index contributed by atoms with van der Waals surface area (Å²) >= 11 is 0. The van der Waals surface area contributed by atoms with Crippen LogP contribution >= 0.6 is 0 Å². The van der Waals surface area contributed by atoms with Gasteiger partial charge in [-0.05, 0) is 119 Å². The molecule has 13 heteroatoms. The maximum Gasteiger partial charge on any atom is 0.410 e. The van der Waals surface area contributed by atoms with Gasteiger partial charge < -0.3 is 34.2 Å². The number of likely N-dealkylation sites (N-methyl/N-ethyl adjacent to an activating group) is 2. The van der Waals surface area contributed by atoms with Crippen LogP contribution in [0.4, 0.5) is 9.59 Å². The second-order valence-electron chi connectivity index (χ2n) is 16.3. The molecule has 1 rings (SSSR count). The average molecular weight is 785 g/mol. The molecular formula is C42H80N4O9. The van der Waals surface area contributed by atoms with Gasteiger partial charge in [-0.25, -0.2) is 9.59 Å². The first-order valence-electron chi connectivity index (χ1n) is 19.2. The van der Waals surface area contributed by atoms with E-state index in [9.17, 15) is 24.3 Å². The third-order valence-electron chi connectivity index (χ3n) is 7.85. The summed E-state index contributed by atoms with van der Waals surface area (Å²) in [6.07, 6.45) is 2.72. The minimum absolute atomic E-state index is 0. The molecule has 0 aliphatic carbocycles. The number of carbonyl (C=O) groups excluding carboxylic acids is 3. The van der Waals surface area contributed by atoms with E-state index in [0.29, 0.717) is 19.6 Å². The van der Waals surface area contributed by atoms with Gasteiger partial charge in [-0.15, -0.1) is 0 Å². The molecule has 0 fully saturated rings. The summed E-state index contributed by atoms with van der Waals surface area (Å²) in [5.41, 5.74) is 0.00410. The Morgan fingerprint density at radius 1 is 0.655 bits per heavy atom. The lowest BCUT2D eigenvalue weighted by molar-refractivity contribution is -0.152. The zero-order valence-electron chi connectivity index (χ0n) is 36.3. The number of carboxylic acids is 1. The Labute approximate surface area is 334 Å². The minimum atomic E-state index is -0.789. The van der Waals surface area contributed by atoms with E-state index in [0.717, 1.165) is 37.8 Å². The highest BCUT2D eigenvalue weighted by Gasteiger charge is 2.28. The number of carbonyl (C=O) groups is 4. The molecule has 0 unspecified atom stereocenters. The van der Waals surface area contributed by atoms with Crippen LogP contribution < -0.4 is 0 Å². The van der Waals surface area contributed by atoms with E-state index in [-0.39, 0.29) is 56.7 Å². The van der Waals surface area contributed by atoms with Gasteiger partial charge in [0.15, 0.2) is 0 Å². The summed E-state index contributed by atoms with van der Waals surface area (Å²) in [7, 11) is 7.24. The highest BCUT2D eigenvalue weighted by atomic mass is 16.6. The fraction of sp³-hybridized carbons (Fsp3) is 0.762. The molecule has 1 aromatic carbocycles. The predicted molar refractivity (Wildman–Crippen MR) is 222 cm³/mol. The van der Waals surface area contributed by atoms with Crippen LogP contribution in [0.15, 0.2) is 30.3 Å². The molecule has 0 aliphatic rings. The van der Waals surface area contributed by atoms with Crippen molar-refractivity contribution in [2.24, 2.45) is 11.8 Å². The zero-order valence-corrected chi connectivity index (χ0v) is 36.3. The van der Waals surface area contributed by atoms with Crippen molar-refractivity contribution < 1.29 is 43.6 Å². The third kappa shape index (κ3) is 27.8. The maximum atomic E-state index is 12.6. The number of ether oxygens (including phenoxy) is 3. The molecule has 0 heterocycles. The molecule has 55 heavy (non-hydrogen) atoms. The summed E-state index contributed by atoms with van der Waals surface area (Å²) in [6.45, 7) is 23.8. The Kier molecular flexibility index (Phi) is 29.4. The quantitative estimate of drug-likeness (QED) is 0.0859. The van der Waals surface area contributed by atoms with Crippen LogP contribution in [-0.4, -0.2) is 138 Å². The lowest BCUT2D eigenvalue weighted by atomic mass is 10.0. The van der Waals surface area contributed by atoms with E-state index in [1.54, 1.807) is 30.8 Å². The highest BCUT2D eigenvalue weighted by molar-refractivity contribution is 5.76. The molecule has 0 spiro atoms. The largest absolute Gasteiger partial charge is 0.480 e. The molecule has 0 bridgehead atoms. The minimum Gasteiger partial charge on any atom is -0.480 e. The van der Waals surface area contributed by atoms with Crippen LogP contribution in [0.25, 0.3) is 0 Å². The Balaban J connectivity index is -0.000000931. The molecule has 2 amide bonds. The topological polar surface area (TPSA) is 149 Å². The lowest BCUT2D eigenvalue weighted by Crippen LogP contribution is -2.44. The van der Waals surface area contributed by atoms with Gasteiger partial charge in [0.05, 0.1) is 0 Å². The average Bonchev–Trinajstić information content (AvgIpc) is 3.03. The summed E-state index contributed by atoms with van der Waals surface area (Å²) < 4.78 is 16.2. The summed E-state index contributed by atoms with van der Waals surface area (Å²) in [6, 6.07) is 8.94. The summed E-state index contributed by atoms with van der Waals surface area (Å²) in [4.78, 5) is 54.7. The van der Waals surface area contributed by atoms with Crippen molar-refractivity contribution in [1.29, 1.82) is 0 Å². The number of benzene rings is 1. The predicted octanol–water partition coefficient (Wildman–Crippen LogP) is 7.64. The van der Waals surface area contributed by atoms with Gasteiger partial charge in [-0.1, -0.05) is 65.5 Å². The number of aliphatic hydroxyl groups is 1. The summed E-state index contributed by atoms with van der Waals surface area (Å²) in [5, 5.41) is 16.8. The van der Waals surface area contributed by atoms with Crippen LogP contribution in [0.1, 0.15) is 115 Å². The van der Waals surface area contributed by atoms with Crippen molar-refractivity contribution in [2.75, 3.05) is 61.0 Å². The second-order valence-corrected chi connectivity index (χ2v) is 16.3. The molecule has 1 aromatic rings. The van der Waals surface area contributed by atoms with Gasteiger partial charge in [0, 0.05) is 33.8 Å². The van der Waals surface area contributed by atoms with Crippen LogP contribution in [0.5, 0.6) is 0 Å². The van der Waals surface area contributed by atoms with Crippen molar-refractivity contribution in [2.45, 2.75) is 139 Å². The number of esters is 1. The highest BCUT2D eigenvalue weighted by Crippen LogP contribution is 2.15. The van der Waals surface area contributed by atoms with Crippen molar-refractivity contribution in [3.8, 4) is 0 Å². The van der Waals surface area contributed by atoms with E-state index in [1.165, 1.54) is 0 Å². The van der Waals surface area contributed by atoms with E-state index < -0.39 is 23.2 Å². The SMILES string of the molecule is C.CC(C)[C@@H](C(=O)O)N(C)CCCCN(C)C(=O)OC(C)(C)C.CC(C)[C@@H](C(=O)OCc1ccccc1)N(C)CCCCN(C)C(=O)OC(C)(C)C.CCO. The molecule has 2 atom stereocenters. The Morgan fingerprint density at radius 3 is 1.33 bits per heavy atom. The van der Waals surface area contributed by atoms with E-state index in [1.807, 2.05) is 123 Å². The van der Waals surface area contributed by atoms with E-state index in [4.69, 9.17) is 19.3 Å². The van der Waals surface area contributed by atoms with Crippen LogP contribution in [-0.2, 0) is 30.4 Å². The Morgan fingerprint density at radius 2 is 1.00 bits per heavy atom. The van der Waals surface area contributed by atoms with Gasteiger partial charge in [0.2, 0.25) is 0 Å². The molecule has 2 N–H and O–H groups in total. The smallest absolute Gasteiger partial charge is 0.410 e. The molecular weight excluding hydrogens is 704 g/mol. The fourth-order valence-electron chi connectivity index (χ4n) is 5.32. The molecule has 322 valence electrons. The van der Waals surface area contributed by atoms with Gasteiger partial charge in [0.1, 0.15) is 29.9 Å². The number of hydrogen-bond donors (Lipinski definition) is 2. The van der Waals surface area contributed by atoms with Gasteiger partial charge in [0.25, 0.3) is 0 Å². The maximum absolute atomic E-state index is 12.6. The number of nitrogens with zero attached hydrogens (tertiary/aromatic N) is 4. The fourth-order valence-corrected chi connectivity index (χ4v) is 5.32. The first-order valence-corrected chi connectivity index (χ1v) is 19.2. The van der Waals surface area contributed by atoms with Gasteiger partial charge in [-0.3, -0.25) is 19.4 Å². The molecule has 0 radical (unpaired) electrons. The standard InChI is InChI=1S/C23H38N2O4.C16H32N2O4.C2H6O.CH4/c1-18(2)20(21(26)28-17-19-13-9-8-10-14-19)24(6)15-11-12-16-25(7)22(27)29-23(3,4)5;1-12(2)13(14(19)20)17(6)10-8-9-11-18(7)15(21)22-16(3,4)5;1-2-3;/h8-10,13-14,18,20H,11-12,15-17H2,1-7H3;12-13H,8-11H2,1-7H3,(H,19,20);3H,2H2,1H3;1H4/t20-;13-;;/m00../s1. The van der Waals surface area contributed by atoms with Crippen LogP contribution in [0.3, 0.4) is 0 Å². The van der Waals surface area contributed by atoms with Crippen molar-refractivity contribution in [3.63, 3.8) is 0 Å². The van der Waals surface area contributed by atoms with E-state index in [2.05, 4.69) is 0 Å². The number of aliphatic carboxylic acids is 1. The Bertz CT molecular complexity index is 1180. The lowest BCUT2D eigenvalue weighted by Gasteiger charge is -2.29. The molecule has 0 saturated heterocycles. The van der Waals surface area contributed by atoms with Crippen molar-refractivity contribution >= 4 is 24.1 Å². The first kappa shape index (κ1) is 55.9. The van der Waals surface area contributed by atoms with Gasteiger partial charge in [-0.2, -0.15) is 0 Å². The summed E-state index contributed by atoms with van der Waals surface area (Å²) in [5.74, 6) is -0.778. The number of unbranched alkanes of at least 4 members (excludes halogenated alkanes) is 2.